The molecule has 10 heteroatoms. The van der Waals surface area contributed by atoms with Crippen LogP contribution in [0.1, 0.15) is 34.1 Å². The first kappa shape index (κ1) is 28.5. The SMILES string of the molecule is COC(=O)c1cn([C@@H]2C[C@@H](C(=O)N3CCN(c4ccc(F)cc4)CC3)N(Cc3cccc(-c4ccccc4C)c3)C2)nn1. The predicted molar refractivity (Wildman–Crippen MR) is 161 cm³/mol. The summed E-state index contributed by atoms with van der Waals surface area (Å²) in [7, 11) is 1.31. The maximum atomic E-state index is 14.1. The smallest absolute Gasteiger partial charge is 0.360 e. The summed E-state index contributed by atoms with van der Waals surface area (Å²) >= 11 is 0. The number of methoxy groups -OCH3 is 1. The average Bonchev–Trinajstić information content (AvgIpc) is 3.69. The lowest BCUT2D eigenvalue weighted by Gasteiger charge is -2.38. The number of hydrogen-bond acceptors (Lipinski definition) is 7. The number of nitrogens with zero attached hydrogens (tertiary/aromatic N) is 6. The molecule has 0 spiro atoms. The molecule has 0 bridgehead atoms. The molecular formula is C33H35FN6O3. The fourth-order valence-corrected chi connectivity index (χ4v) is 6.17. The molecule has 0 radical (unpaired) electrons. The van der Waals surface area contributed by atoms with Crippen LogP contribution < -0.4 is 4.90 Å². The highest BCUT2D eigenvalue weighted by Gasteiger charge is 2.41. The Kier molecular flexibility index (Phi) is 8.20. The number of amides is 1. The van der Waals surface area contributed by atoms with Gasteiger partial charge in [0.05, 0.1) is 25.4 Å². The molecule has 9 nitrogen and oxygen atoms in total. The molecule has 222 valence electrons. The molecule has 43 heavy (non-hydrogen) atoms. The number of carbonyl (C=O) groups is 2. The molecule has 6 rings (SSSR count). The van der Waals surface area contributed by atoms with Crippen molar-refractivity contribution < 1.29 is 18.7 Å². The second kappa shape index (κ2) is 12.3. The van der Waals surface area contributed by atoms with Crippen LogP contribution in [0.4, 0.5) is 10.1 Å². The number of rotatable bonds is 7. The third-order valence-corrected chi connectivity index (χ3v) is 8.50. The summed E-state index contributed by atoms with van der Waals surface area (Å²) in [6, 6.07) is 22.8. The number of hydrogen-bond donors (Lipinski definition) is 0. The number of aryl methyl sites for hydroxylation is 1. The summed E-state index contributed by atoms with van der Waals surface area (Å²) in [5.74, 6) is -0.714. The first-order valence-electron chi connectivity index (χ1n) is 14.6. The molecule has 2 aliphatic rings. The normalized spacial score (nSPS) is 19.0. The molecule has 0 saturated carbocycles. The van der Waals surface area contributed by atoms with Crippen LogP contribution in [0.5, 0.6) is 0 Å². The number of ether oxygens (including phenoxy) is 1. The van der Waals surface area contributed by atoms with Crippen LogP contribution in [0.15, 0.2) is 79.0 Å². The lowest BCUT2D eigenvalue weighted by Crippen LogP contribution is -2.53. The molecule has 2 atom stereocenters. The van der Waals surface area contributed by atoms with E-state index in [1.807, 2.05) is 17.0 Å². The van der Waals surface area contributed by atoms with E-state index in [2.05, 4.69) is 63.4 Å². The Labute approximate surface area is 250 Å². The molecule has 0 N–H and O–H groups in total. The number of halogens is 1. The van der Waals surface area contributed by atoms with Crippen molar-refractivity contribution >= 4 is 17.6 Å². The van der Waals surface area contributed by atoms with E-state index in [9.17, 15) is 14.0 Å². The summed E-state index contributed by atoms with van der Waals surface area (Å²) in [6.45, 7) is 5.83. The van der Waals surface area contributed by atoms with Gasteiger partial charge in [0.25, 0.3) is 0 Å². The topological polar surface area (TPSA) is 83.8 Å². The van der Waals surface area contributed by atoms with Gasteiger partial charge in [-0.3, -0.25) is 9.69 Å². The first-order chi connectivity index (χ1) is 20.9. The van der Waals surface area contributed by atoms with Gasteiger partial charge in [0, 0.05) is 45.0 Å². The number of esters is 1. The highest BCUT2D eigenvalue weighted by Crippen LogP contribution is 2.32. The van der Waals surface area contributed by atoms with Crippen LogP contribution in [0, 0.1) is 12.7 Å². The maximum Gasteiger partial charge on any atom is 0.360 e. The van der Waals surface area contributed by atoms with E-state index in [1.54, 1.807) is 23.0 Å². The fourth-order valence-electron chi connectivity index (χ4n) is 6.17. The van der Waals surface area contributed by atoms with Crippen molar-refractivity contribution in [1.82, 2.24) is 24.8 Å². The van der Waals surface area contributed by atoms with Gasteiger partial charge in [0.15, 0.2) is 5.69 Å². The predicted octanol–water partition coefficient (Wildman–Crippen LogP) is 4.34. The second-order valence-electron chi connectivity index (χ2n) is 11.2. The van der Waals surface area contributed by atoms with Gasteiger partial charge in [-0.25, -0.2) is 13.9 Å². The van der Waals surface area contributed by atoms with Gasteiger partial charge in [-0.1, -0.05) is 47.7 Å². The summed E-state index contributed by atoms with van der Waals surface area (Å²) < 4.78 is 19.9. The van der Waals surface area contributed by atoms with Crippen molar-refractivity contribution in [2.45, 2.75) is 32.0 Å². The van der Waals surface area contributed by atoms with Gasteiger partial charge >= 0.3 is 5.97 Å². The van der Waals surface area contributed by atoms with Crippen LogP contribution in [-0.2, 0) is 16.1 Å². The lowest BCUT2D eigenvalue weighted by molar-refractivity contribution is -0.136. The number of benzene rings is 3. The van der Waals surface area contributed by atoms with E-state index < -0.39 is 5.97 Å². The van der Waals surface area contributed by atoms with Crippen molar-refractivity contribution in [1.29, 1.82) is 0 Å². The number of likely N-dealkylation sites (tertiary alicyclic amines) is 1. The van der Waals surface area contributed by atoms with E-state index >= 15 is 0 Å². The monoisotopic (exact) mass is 582 g/mol. The van der Waals surface area contributed by atoms with Crippen LogP contribution in [0.25, 0.3) is 11.1 Å². The minimum absolute atomic E-state index is 0.0876. The largest absolute Gasteiger partial charge is 0.464 e. The van der Waals surface area contributed by atoms with Crippen molar-refractivity contribution in [3.63, 3.8) is 0 Å². The summed E-state index contributed by atoms with van der Waals surface area (Å²) in [6.07, 6.45) is 2.15. The highest BCUT2D eigenvalue weighted by atomic mass is 19.1. The average molecular weight is 583 g/mol. The zero-order valence-corrected chi connectivity index (χ0v) is 24.4. The number of aromatic nitrogens is 3. The molecule has 0 aliphatic carbocycles. The Morgan fingerprint density at radius 1 is 0.977 bits per heavy atom. The molecule has 2 aliphatic heterocycles. The van der Waals surface area contributed by atoms with Gasteiger partial charge < -0.3 is 14.5 Å². The summed E-state index contributed by atoms with van der Waals surface area (Å²) in [5.41, 5.74) is 5.76. The highest BCUT2D eigenvalue weighted by molar-refractivity contribution is 5.86. The molecule has 1 aromatic heterocycles. The minimum atomic E-state index is -0.541. The molecule has 1 amide bonds. The molecule has 3 heterocycles. The van der Waals surface area contributed by atoms with Crippen molar-refractivity contribution in [2.75, 3.05) is 44.7 Å². The standard InChI is InChI=1S/C33H35FN6O3/c1-23-6-3-4-9-29(23)25-8-5-7-24(18-25)20-39-21-28(40-22-30(35-36-40)33(42)43-2)19-31(39)32(41)38-16-14-37(15-17-38)27-12-10-26(34)11-13-27/h3-13,18,22,28,31H,14-17,19-21H2,1-2H3/t28-,31+/m1/s1. The molecule has 4 aromatic rings. The Bertz CT molecular complexity index is 1600. The van der Waals surface area contributed by atoms with E-state index in [-0.39, 0.29) is 29.5 Å². The summed E-state index contributed by atoms with van der Waals surface area (Å²) in [5, 5.41) is 8.20. The molecule has 2 saturated heterocycles. The third kappa shape index (κ3) is 6.15. The van der Waals surface area contributed by atoms with E-state index in [1.165, 1.54) is 30.4 Å². The zero-order chi connectivity index (χ0) is 29.9. The Hall–Kier alpha value is -4.57. The van der Waals surface area contributed by atoms with Gasteiger partial charge in [-0.15, -0.1) is 5.10 Å². The second-order valence-corrected chi connectivity index (χ2v) is 11.2. The van der Waals surface area contributed by atoms with Crippen LogP contribution in [0.2, 0.25) is 0 Å². The minimum Gasteiger partial charge on any atom is -0.464 e. The summed E-state index contributed by atoms with van der Waals surface area (Å²) in [4.78, 5) is 32.4. The fraction of sp³-hybridized carbons (Fsp3) is 0.333. The Balaban J connectivity index is 1.21. The third-order valence-electron chi connectivity index (χ3n) is 8.50. The molecule has 0 unspecified atom stereocenters. The first-order valence-corrected chi connectivity index (χ1v) is 14.6. The van der Waals surface area contributed by atoms with Crippen molar-refractivity contribution in [2.24, 2.45) is 0 Å². The molecule has 2 fully saturated rings. The maximum absolute atomic E-state index is 14.1. The quantitative estimate of drug-likeness (QED) is 0.300. The zero-order valence-electron chi connectivity index (χ0n) is 24.4. The van der Waals surface area contributed by atoms with Gasteiger partial charge in [-0.05, 0) is 65.9 Å². The number of carbonyl (C=O) groups excluding carboxylic acids is 2. The van der Waals surface area contributed by atoms with Gasteiger partial charge in [0.1, 0.15) is 5.82 Å². The number of piperazine rings is 1. The van der Waals surface area contributed by atoms with Crippen molar-refractivity contribution in [3.05, 3.63) is 102 Å². The molecule has 3 aromatic carbocycles. The Morgan fingerprint density at radius 2 is 1.74 bits per heavy atom. The van der Waals surface area contributed by atoms with E-state index in [4.69, 9.17) is 4.74 Å². The van der Waals surface area contributed by atoms with Gasteiger partial charge in [-0.2, -0.15) is 0 Å². The van der Waals surface area contributed by atoms with E-state index in [0.717, 1.165) is 16.8 Å². The number of anilines is 1. The van der Waals surface area contributed by atoms with Crippen LogP contribution >= 0.6 is 0 Å². The van der Waals surface area contributed by atoms with E-state index in [0.29, 0.717) is 45.7 Å². The van der Waals surface area contributed by atoms with Crippen LogP contribution in [0.3, 0.4) is 0 Å². The van der Waals surface area contributed by atoms with Crippen LogP contribution in [-0.4, -0.2) is 82.5 Å². The molecular weight excluding hydrogens is 547 g/mol. The lowest BCUT2D eigenvalue weighted by atomic mass is 9.99. The van der Waals surface area contributed by atoms with Crippen molar-refractivity contribution in [3.8, 4) is 11.1 Å². The Morgan fingerprint density at radius 3 is 2.49 bits per heavy atom. The van der Waals surface area contributed by atoms with Gasteiger partial charge in [0.2, 0.25) is 5.91 Å².